The number of aryl methyl sites for hydroxylation is 1. The normalized spacial score (nSPS) is 12.4. The molecule has 2 rings (SSSR count). The van der Waals surface area contributed by atoms with Gasteiger partial charge in [0.05, 0.1) is 5.02 Å². The Labute approximate surface area is 138 Å². The van der Waals surface area contributed by atoms with Gasteiger partial charge in [-0.05, 0) is 52.5 Å². The van der Waals surface area contributed by atoms with Crippen LogP contribution < -0.4 is 5.32 Å². The van der Waals surface area contributed by atoms with Crippen molar-refractivity contribution >= 4 is 27.5 Å². The van der Waals surface area contributed by atoms with E-state index in [1.54, 1.807) is 12.1 Å². The van der Waals surface area contributed by atoms with Crippen LogP contribution in [0.2, 0.25) is 5.02 Å². The molecule has 0 aliphatic heterocycles. The van der Waals surface area contributed by atoms with Crippen molar-refractivity contribution < 1.29 is 4.39 Å². The number of rotatable bonds is 6. The lowest BCUT2D eigenvalue weighted by Crippen LogP contribution is -2.21. The minimum absolute atomic E-state index is 0.159. The molecule has 0 fully saturated rings. The molecule has 1 N–H and O–H groups in total. The van der Waals surface area contributed by atoms with Gasteiger partial charge in [-0.15, -0.1) is 0 Å². The zero-order chi connectivity index (χ0) is 15.2. The molecular formula is C17H18BrClFN. The molecule has 0 saturated carbocycles. The molecule has 1 unspecified atom stereocenters. The molecule has 0 aliphatic rings. The molecule has 0 aromatic heterocycles. The van der Waals surface area contributed by atoms with Crippen LogP contribution in [-0.4, -0.2) is 6.54 Å². The molecule has 0 aliphatic carbocycles. The number of hydrogen-bond donors (Lipinski definition) is 1. The van der Waals surface area contributed by atoms with Crippen LogP contribution in [-0.2, 0) is 6.42 Å². The Morgan fingerprint density at radius 1 is 1.19 bits per heavy atom. The Hall–Kier alpha value is -0.900. The summed E-state index contributed by atoms with van der Waals surface area (Å²) in [4.78, 5) is 0. The third kappa shape index (κ3) is 4.29. The van der Waals surface area contributed by atoms with Crippen LogP contribution in [0.25, 0.3) is 0 Å². The van der Waals surface area contributed by atoms with Crippen molar-refractivity contribution in [3.63, 3.8) is 0 Å². The van der Waals surface area contributed by atoms with Crippen LogP contribution in [0.15, 0.2) is 46.9 Å². The lowest BCUT2D eigenvalue weighted by atomic mass is 9.98. The van der Waals surface area contributed by atoms with Gasteiger partial charge >= 0.3 is 0 Å². The maximum absolute atomic E-state index is 14.1. The molecule has 0 radical (unpaired) electrons. The maximum Gasteiger partial charge on any atom is 0.146 e. The molecule has 0 heterocycles. The summed E-state index contributed by atoms with van der Waals surface area (Å²) < 4.78 is 14.7. The summed E-state index contributed by atoms with van der Waals surface area (Å²) in [5.41, 5.74) is 1.88. The monoisotopic (exact) mass is 369 g/mol. The van der Waals surface area contributed by atoms with Crippen LogP contribution in [0.5, 0.6) is 0 Å². The SMILES string of the molecule is CCNC(CCc1ccc(Br)c(Cl)c1F)c1ccccc1. The number of hydrogen-bond acceptors (Lipinski definition) is 1. The second-order valence-electron chi connectivity index (χ2n) is 4.89. The van der Waals surface area contributed by atoms with E-state index in [9.17, 15) is 4.39 Å². The number of benzene rings is 2. The van der Waals surface area contributed by atoms with E-state index in [1.807, 2.05) is 18.2 Å². The highest BCUT2D eigenvalue weighted by Crippen LogP contribution is 2.29. The van der Waals surface area contributed by atoms with Crippen LogP contribution in [0.4, 0.5) is 4.39 Å². The Kier molecular flexibility index (Phi) is 6.22. The minimum Gasteiger partial charge on any atom is -0.310 e. The van der Waals surface area contributed by atoms with Gasteiger partial charge in [-0.3, -0.25) is 0 Å². The van der Waals surface area contributed by atoms with Gasteiger partial charge in [0.15, 0.2) is 0 Å². The molecule has 1 atom stereocenters. The van der Waals surface area contributed by atoms with Crippen molar-refractivity contribution in [2.45, 2.75) is 25.8 Å². The van der Waals surface area contributed by atoms with Crippen molar-refractivity contribution in [2.75, 3.05) is 6.54 Å². The first kappa shape index (κ1) is 16.5. The van der Waals surface area contributed by atoms with Gasteiger partial charge < -0.3 is 5.32 Å². The Morgan fingerprint density at radius 2 is 1.90 bits per heavy atom. The molecule has 4 heteroatoms. The van der Waals surface area contributed by atoms with Crippen LogP contribution >= 0.6 is 27.5 Å². The minimum atomic E-state index is -0.325. The standard InChI is InChI=1S/C17H18BrClFN/c1-2-21-15(12-6-4-3-5-7-12)11-9-13-8-10-14(18)16(19)17(13)20/h3-8,10,15,21H,2,9,11H2,1H3. The van der Waals surface area contributed by atoms with E-state index >= 15 is 0 Å². The zero-order valence-corrected chi connectivity index (χ0v) is 14.2. The molecule has 0 amide bonds. The Balaban J connectivity index is 2.11. The zero-order valence-electron chi connectivity index (χ0n) is 11.9. The Bertz CT molecular complexity index is 589. The average Bonchev–Trinajstić information content (AvgIpc) is 2.51. The molecule has 0 spiro atoms. The van der Waals surface area contributed by atoms with E-state index in [4.69, 9.17) is 11.6 Å². The second kappa shape index (κ2) is 7.92. The van der Waals surface area contributed by atoms with E-state index in [2.05, 4.69) is 40.3 Å². The second-order valence-corrected chi connectivity index (χ2v) is 6.13. The van der Waals surface area contributed by atoms with E-state index in [0.717, 1.165) is 13.0 Å². The van der Waals surface area contributed by atoms with Crippen molar-refractivity contribution in [3.8, 4) is 0 Å². The lowest BCUT2D eigenvalue weighted by Gasteiger charge is -2.18. The summed E-state index contributed by atoms with van der Waals surface area (Å²) in [5.74, 6) is -0.325. The topological polar surface area (TPSA) is 12.0 Å². The van der Waals surface area contributed by atoms with Gasteiger partial charge in [-0.1, -0.05) is 54.9 Å². The van der Waals surface area contributed by atoms with E-state index in [-0.39, 0.29) is 16.9 Å². The van der Waals surface area contributed by atoms with E-state index in [1.165, 1.54) is 5.56 Å². The molecule has 0 bridgehead atoms. The molecule has 21 heavy (non-hydrogen) atoms. The summed E-state index contributed by atoms with van der Waals surface area (Å²) in [5, 5.41) is 3.61. The van der Waals surface area contributed by atoms with Gasteiger partial charge in [-0.25, -0.2) is 4.39 Å². The van der Waals surface area contributed by atoms with Crippen molar-refractivity contribution in [1.82, 2.24) is 5.32 Å². The first-order valence-electron chi connectivity index (χ1n) is 7.04. The first-order chi connectivity index (χ1) is 10.1. The van der Waals surface area contributed by atoms with E-state index < -0.39 is 0 Å². The smallest absolute Gasteiger partial charge is 0.146 e. The predicted octanol–water partition coefficient (Wildman–Crippen LogP) is 5.53. The lowest BCUT2D eigenvalue weighted by molar-refractivity contribution is 0.507. The summed E-state index contributed by atoms with van der Waals surface area (Å²) in [7, 11) is 0. The van der Waals surface area contributed by atoms with Crippen molar-refractivity contribution in [3.05, 3.63) is 68.9 Å². The van der Waals surface area contributed by atoms with Gasteiger partial charge in [0.25, 0.3) is 0 Å². The van der Waals surface area contributed by atoms with Crippen LogP contribution in [0.1, 0.15) is 30.5 Å². The third-order valence-electron chi connectivity index (χ3n) is 3.47. The largest absolute Gasteiger partial charge is 0.310 e. The van der Waals surface area contributed by atoms with Crippen LogP contribution in [0.3, 0.4) is 0 Å². The summed E-state index contributed by atoms with van der Waals surface area (Å²) in [6.07, 6.45) is 1.47. The fourth-order valence-electron chi connectivity index (χ4n) is 2.38. The van der Waals surface area contributed by atoms with Gasteiger partial charge in [-0.2, -0.15) is 0 Å². The van der Waals surface area contributed by atoms with Crippen molar-refractivity contribution in [2.24, 2.45) is 0 Å². The van der Waals surface area contributed by atoms with Crippen molar-refractivity contribution in [1.29, 1.82) is 0 Å². The van der Waals surface area contributed by atoms with E-state index in [0.29, 0.717) is 16.5 Å². The fraction of sp³-hybridized carbons (Fsp3) is 0.294. The summed E-state index contributed by atoms with van der Waals surface area (Å²) >= 11 is 9.18. The highest BCUT2D eigenvalue weighted by atomic mass is 79.9. The molecular weight excluding hydrogens is 353 g/mol. The summed E-state index contributed by atoms with van der Waals surface area (Å²) in [6, 6.07) is 14.0. The molecule has 2 aromatic rings. The fourth-order valence-corrected chi connectivity index (χ4v) is 2.87. The van der Waals surface area contributed by atoms with Crippen LogP contribution in [0, 0.1) is 5.82 Å². The molecule has 1 nitrogen and oxygen atoms in total. The highest BCUT2D eigenvalue weighted by molar-refractivity contribution is 9.10. The highest BCUT2D eigenvalue weighted by Gasteiger charge is 2.14. The maximum atomic E-state index is 14.1. The van der Waals surface area contributed by atoms with Gasteiger partial charge in [0.2, 0.25) is 0 Å². The number of halogens is 3. The molecule has 112 valence electrons. The van der Waals surface area contributed by atoms with Gasteiger partial charge in [0, 0.05) is 10.5 Å². The number of nitrogens with one attached hydrogen (secondary N) is 1. The molecule has 0 saturated heterocycles. The molecule has 2 aromatic carbocycles. The Morgan fingerprint density at radius 3 is 2.57 bits per heavy atom. The summed E-state index contributed by atoms with van der Waals surface area (Å²) in [6.45, 7) is 2.95. The third-order valence-corrected chi connectivity index (χ3v) is 4.73. The predicted molar refractivity (Wildman–Crippen MR) is 90.3 cm³/mol. The first-order valence-corrected chi connectivity index (χ1v) is 8.21. The van der Waals surface area contributed by atoms with Gasteiger partial charge in [0.1, 0.15) is 5.82 Å². The quantitative estimate of drug-likeness (QED) is 0.660. The average molecular weight is 371 g/mol.